The lowest BCUT2D eigenvalue weighted by Crippen LogP contribution is -1.97. The van der Waals surface area contributed by atoms with Crippen molar-refractivity contribution in [2.45, 2.75) is 20.4 Å². The highest BCUT2D eigenvalue weighted by Crippen LogP contribution is 2.27. The molecule has 0 amide bonds. The van der Waals surface area contributed by atoms with E-state index in [0.29, 0.717) is 13.2 Å². The van der Waals surface area contributed by atoms with Crippen LogP contribution in [-0.2, 0) is 6.54 Å². The standard InChI is InChI=1S/C16H19NO2/c1-3-18-14-5-7-15(8-6-14)19-16-9-4-13(11-17)10-12(16)2/h4-10H,3,11,17H2,1-2H3. The van der Waals surface area contributed by atoms with Crippen LogP contribution in [-0.4, -0.2) is 6.61 Å². The van der Waals surface area contributed by atoms with Gasteiger partial charge in [0.15, 0.2) is 0 Å². The van der Waals surface area contributed by atoms with Crippen molar-refractivity contribution in [3.05, 3.63) is 53.6 Å². The van der Waals surface area contributed by atoms with Gasteiger partial charge in [0.25, 0.3) is 0 Å². The predicted octanol–water partition coefficient (Wildman–Crippen LogP) is 3.64. The van der Waals surface area contributed by atoms with E-state index < -0.39 is 0 Å². The Hall–Kier alpha value is -2.00. The van der Waals surface area contributed by atoms with Gasteiger partial charge < -0.3 is 15.2 Å². The second-order valence-electron chi connectivity index (χ2n) is 4.31. The molecule has 0 aliphatic heterocycles. The maximum Gasteiger partial charge on any atom is 0.130 e. The van der Waals surface area contributed by atoms with Crippen LogP contribution in [0.4, 0.5) is 0 Å². The predicted molar refractivity (Wildman–Crippen MR) is 76.8 cm³/mol. The van der Waals surface area contributed by atoms with Gasteiger partial charge in [0.1, 0.15) is 17.2 Å². The topological polar surface area (TPSA) is 44.5 Å². The monoisotopic (exact) mass is 257 g/mol. The Morgan fingerprint density at radius 3 is 2.26 bits per heavy atom. The number of hydrogen-bond acceptors (Lipinski definition) is 3. The van der Waals surface area contributed by atoms with Crippen molar-refractivity contribution in [2.24, 2.45) is 5.73 Å². The van der Waals surface area contributed by atoms with Crippen LogP contribution in [0.1, 0.15) is 18.1 Å². The van der Waals surface area contributed by atoms with E-state index in [9.17, 15) is 0 Å². The molecule has 0 saturated heterocycles. The molecular formula is C16H19NO2. The van der Waals surface area contributed by atoms with Gasteiger partial charge in [-0.3, -0.25) is 0 Å². The lowest BCUT2D eigenvalue weighted by molar-refractivity contribution is 0.339. The zero-order valence-electron chi connectivity index (χ0n) is 11.3. The van der Waals surface area contributed by atoms with Crippen molar-refractivity contribution in [3.63, 3.8) is 0 Å². The van der Waals surface area contributed by atoms with Crippen LogP contribution >= 0.6 is 0 Å². The molecular weight excluding hydrogens is 238 g/mol. The maximum atomic E-state index is 5.85. The highest BCUT2D eigenvalue weighted by atomic mass is 16.5. The first-order chi connectivity index (χ1) is 9.22. The average molecular weight is 257 g/mol. The minimum Gasteiger partial charge on any atom is -0.494 e. The fourth-order valence-electron chi connectivity index (χ4n) is 1.85. The lowest BCUT2D eigenvalue weighted by Gasteiger charge is -2.10. The van der Waals surface area contributed by atoms with Crippen molar-refractivity contribution >= 4 is 0 Å². The largest absolute Gasteiger partial charge is 0.494 e. The van der Waals surface area contributed by atoms with Crippen molar-refractivity contribution < 1.29 is 9.47 Å². The van der Waals surface area contributed by atoms with Gasteiger partial charge in [0.05, 0.1) is 6.61 Å². The minimum atomic E-state index is 0.546. The molecule has 2 rings (SSSR count). The molecule has 0 bridgehead atoms. The van der Waals surface area contributed by atoms with Gasteiger partial charge in [-0.05, 0) is 55.3 Å². The van der Waals surface area contributed by atoms with E-state index in [0.717, 1.165) is 28.4 Å². The summed E-state index contributed by atoms with van der Waals surface area (Å²) in [6, 6.07) is 13.6. The van der Waals surface area contributed by atoms with E-state index in [1.165, 1.54) is 0 Å². The molecule has 3 nitrogen and oxygen atoms in total. The summed E-state index contributed by atoms with van der Waals surface area (Å²) in [7, 11) is 0. The van der Waals surface area contributed by atoms with E-state index in [1.54, 1.807) is 0 Å². The zero-order valence-corrected chi connectivity index (χ0v) is 11.3. The molecule has 0 spiro atoms. The van der Waals surface area contributed by atoms with Crippen molar-refractivity contribution in [1.82, 2.24) is 0 Å². The molecule has 100 valence electrons. The highest BCUT2D eigenvalue weighted by molar-refractivity contribution is 5.40. The fraction of sp³-hybridized carbons (Fsp3) is 0.250. The van der Waals surface area contributed by atoms with Crippen LogP contribution in [0.5, 0.6) is 17.2 Å². The molecule has 2 aromatic carbocycles. The Labute approximate surface area is 114 Å². The van der Waals surface area contributed by atoms with Gasteiger partial charge in [-0.25, -0.2) is 0 Å². The molecule has 0 aliphatic rings. The Balaban J connectivity index is 2.12. The van der Waals surface area contributed by atoms with E-state index in [4.69, 9.17) is 15.2 Å². The molecule has 0 fully saturated rings. The van der Waals surface area contributed by atoms with Gasteiger partial charge >= 0.3 is 0 Å². The van der Waals surface area contributed by atoms with Crippen LogP contribution in [0.15, 0.2) is 42.5 Å². The third kappa shape index (κ3) is 3.48. The van der Waals surface area contributed by atoms with Gasteiger partial charge in [-0.15, -0.1) is 0 Å². The summed E-state index contributed by atoms with van der Waals surface area (Å²) < 4.78 is 11.2. The Kier molecular flexibility index (Phi) is 4.42. The third-order valence-corrected chi connectivity index (χ3v) is 2.84. The maximum absolute atomic E-state index is 5.85. The third-order valence-electron chi connectivity index (χ3n) is 2.84. The van der Waals surface area contributed by atoms with E-state index >= 15 is 0 Å². The number of nitrogens with two attached hydrogens (primary N) is 1. The molecule has 0 aromatic heterocycles. The van der Waals surface area contributed by atoms with Crippen LogP contribution in [0.3, 0.4) is 0 Å². The molecule has 0 unspecified atom stereocenters. The number of rotatable bonds is 5. The molecule has 0 atom stereocenters. The molecule has 0 heterocycles. The molecule has 2 N–H and O–H groups in total. The molecule has 3 heteroatoms. The summed E-state index contributed by atoms with van der Waals surface area (Å²) in [5.74, 6) is 2.50. The smallest absolute Gasteiger partial charge is 0.130 e. The molecule has 0 radical (unpaired) electrons. The van der Waals surface area contributed by atoms with Gasteiger partial charge in [0, 0.05) is 6.54 Å². The van der Waals surface area contributed by atoms with Crippen LogP contribution < -0.4 is 15.2 Å². The van der Waals surface area contributed by atoms with Gasteiger partial charge in [0.2, 0.25) is 0 Å². The van der Waals surface area contributed by atoms with E-state index in [-0.39, 0.29) is 0 Å². The normalized spacial score (nSPS) is 10.3. The first kappa shape index (κ1) is 13.4. The van der Waals surface area contributed by atoms with Crippen LogP contribution in [0.2, 0.25) is 0 Å². The molecule has 19 heavy (non-hydrogen) atoms. The fourth-order valence-corrected chi connectivity index (χ4v) is 1.85. The number of aryl methyl sites for hydroxylation is 1. The summed E-state index contributed by atoms with van der Waals surface area (Å²) in [6.07, 6.45) is 0. The second-order valence-corrected chi connectivity index (χ2v) is 4.31. The van der Waals surface area contributed by atoms with Crippen molar-refractivity contribution in [2.75, 3.05) is 6.61 Å². The summed E-state index contributed by atoms with van der Waals surface area (Å²) in [5, 5.41) is 0. The summed E-state index contributed by atoms with van der Waals surface area (Å²) in [6.45, 7) is 5.19. The van der Waals surface area contributed by atoms with Gasteiger partial charge in [-0.2, -0.15) is 0 Å². The van der Waals surface area contributed by atoms with Crippen molar-refractivity contribution in [1.29, 1.82) is 0 Å². The second kappa shape index (κ2) is 6.25. The lowest BCUT2D eigenvalue weighted by atomic mass is 10.1. The average Bonchev–Trinajstić information content (AvgIpc) is 2.43. The van der Waals surface area contributed by atoms with E-state index in [2.05, 4.69) is 0 Å². The van der Waals surface area contributed by atoms with Gasteiger partial charge in [-0.1, -0.05) is 12.1 Å². The minimum absolute atomic E-state index is 0.546. The summed E-state index contributed by atoms with van der Waals surface area (Å²) >= 11 is 0. The van der Waals surface area contributed by atoms with Crippen LogP contribution in [0.25, 0.3) is 0 Å². The molecule has 0 aliphatic carbocycles. The molecule has 2 aromatic rings. The summed E-state index contributed by atoms with van der Waals surface area (Å²) in [4.78, 5) is 0. The molecule has 0 saturated carbocycles. The van der Waals surface area contributed by atoms with Crippen LogP contribution in [0, 0.1) is 6.92 Å². The highest BCUT2D eigenvalue weighted by Gasteiger charge is 2.03. The summed E-state index contributed by atoms with van der Waals surface area (Å²) in [5.41, 5.74) is 7.80. The zero-order chi connectivity index (χ0) is 13.7. The first-order valence-corrected chi connectivity index (χ1v) is 6.43. The first-order valence-electron chi connectivity index (χ1n) is 6.43. The number of hydrogen-bond donors (Lipinski definition) is 1. The SMILES string of the molecule is CCOc1ccc(Oc2ccc(CN)cc2C)cc1. The number of ether oxygens (including phenoxy) is 2. The number of benzene rings is 2. The van der Waals surface area contributed by atoms with Crippen molar-refractivity contribution in [3.8, 4) is 17.2 Å². The van der Waals surface area contributed by atoms with E-state index in [1.807, 2.05) is 56.3 Å². The quantitative estimate of drug-likeness (QED) is 0.889. The Morgan fingerprint density at radius 2 is 1.68 bits per heavy atom. The Bertz CT molecular complexity index is 535. The Morgan fingerprint density at radius 1 is 1.00 bits per heavy atom.